The third-order valence-corrected chi connectivity index (χ3v) is 6.59. The molecular formula is C22H22N2O6S2. The molecule has 10 heteroatoms. The van der Waals surface area contributed by atoms with E-state index in [1.807, 2.05) is 0 Å². The Bertz CT molecular complexity index is 1020. The van der Waals surface area contributed by atoms with Crippen molar-refractivity contribution in [2.45, 2.75) is 24.1 Å². The summed E-state index contributed by atoms with van der Waals surface area (Å²) >= 11 is 1.21. The minimum Gasteiger partial charge on any atom is -0.467 e. The Kier molecular flexibility index (Phi) is 8.62. The molecule has 0 bridgehead atoms. The molecule has 2 atom stereocenters. The number of benzene rings is 2. The molecular weight excluding hydrogens is 452 g/mol. The van der Waals surface area contributed by atoms with Crippen molar-refractivity contribution in [3.8, 4) is 0 Å². The summed E-state index contributed by atoms with van der Waals surface area (Å²) in [5, 5.41) is -1.97. The van der Waals surface area contributed by atoms with E-state index in [0.29, 0.717) is 29.1 Å². The Labute approximate surface area is 193 Å². The fourth-order valence-electron chi connectivity index (χ4n) is 2.87. The zero-order valence-electron chi connectivity index (χ0n) is 17.6. The maximum Gasteiger partial charge on any atom is 0.342 e. The number of carbonyl (C=O) groups is 5. The lowest BCUT2D eigenvalue weighted by Crippen LogP contribution is -2.59. The first-order chi connectivity index (χ1) is 15.1. The molecule has 168 valence electrons. The Morgan fingerprint density at radius 1 is 0.906 bits per heavy atom. The summed E-state index contributed by atoms with van der Waals surface area (Å²) in [6, 6.07) is 16.4. The topological polar surface area (TPSA) is 124 Å². The third kappa shape index (κ3) is 5.77. The molecule has 0 aliphatic rings. The van der Waals surface area contributed by atoms with Crippen LogP contribution >= 0.6 is 23.5 Å². The van der Waals surface area contributed by atoms with Crippen LogP contribution in [0.25, 0.3) is 0 Å². The molecule has 0 aliphatic heterocycles. The van der Waals surface area contributed by atoms with Crippen LogP contribution in [0, 0.1) is 0 Å². The Balaban J connectivity index is 2.45. The number of hydrogen-bond acceptors (Lipinski definition) is 8. The van der Waals surface area contributed by atoms with Gasteiger partial charge in [-0.1, -0.05) is 72.4 Å². The highest BCUT2D eigenvalue weighted by Gasteiger charge is 2.50. The van der Waals surface area contributed by atoms with Crippen molar-refractivity contribution in [2.75, 3.05) is 7.11 Å². The molecule has 0 saturated carbocycles. The van der Waals surface area contributed by atoms with Gasteiger partial charge < -0.3 is 10.5 Å². The van der Waals surface area contributed by atoms with Crippen molar-refractivity contribution in [3.05, 3.63) is 71.8 Å². The fraction of sp³-hybridized carbons (Fsp3) is 0.227. The molecule has 2 aromatic carbocycles. The van der Waals surface area contributed by atoms with E-state index in [1.54, 1.807) is 60.7 Å². The van der Waals surface area contributed by atoms with Crippen molar-refractivity contribution in [1.82, 2.24) is 4.90 Å². The molecule has 0 fully saturated rings. The van der Waals surface area contributed by atoms with Gasteiger partial charge in [0, 0.05) is 11.1 Å². The summed E-state index contributed by atoms with van der Waals surface area (Å²) in [7, 11) is 1.09. The summed E-state index contributed by atoms with van der Waals surface area (Å²) in [6.45, 7) is 2.73. The Morgan fingerprint density at radius 3 is 1.81 bits per heavy atom. The van der Waals surface area contributed by atoms with Crippen LogP contribution in [0.15, 0.2) is 60.7 Å². The first-order valence-corrected chi connectivity index (χ1v) is 11.1. The monoisotopic (exact) mass is 474 g/mol. The summed E-state index contributed by atoms with van der Waals surface area (Å²) in [6.07, 6.45) is 0. The molecule has 2 N–H and O–H groups in total. The molecule has 2 rings (SSSR count). The molecule has 0 heterocycles. The smallest absolute Gasteiger partial charge is 0.342 e. The third-order valence-electron chi connectivity index (χ3n) is 4.41. The number of esters is 1. The number of nitrogens with two attached hydrogens (primary N) is 1. The average molecular weight is 475 g/mol. The number of primary amides is 1. The van der Waals surface area contributed by atoms with Crippen LogP contribution in [-0.4, -0.2) is 50.3 Å². The highest BCUT2D eigenvalue weighted by molar-refractivity contribution is 8.16. The van der Waals surface area contributed by atoms with Gasteiger partial charge in [-0.2, -0.15) is 0 Å². The van der Waals surface area contributed by atoms with E-state index < -0.39 is 38.3 Å². The minimum absolute atomic E-state index is 0.278. The van der Waals surface area contributed by atoms with Crippen molar-refractivity contribution in [2.24, 2.45) is 5.73 Å². The van der Waals surface area contributed by atoms with Crippen LogP contribution in [0.4, 0.5) is 0 Å². The standard InChI is InChI=1S/C22H22N2O6S2/c1-14(31-19(27)15-10-6-4-7-11-15)24(18(26)17(23)25)22(2,21(29)30-3)32-20(28)16-12-8-5-9-13-16/h4-14H,1-3H3,(H2,23,25). The number of nitrogens with zero attached hydrogens (tertiary/aromatic N) is 1. The highest BCUT2D eigenvalue weighted by atomic mass is 32.2. The average Bonchev–Trinajstić information content (AvgIpc) is 2.79. The fourth-order valence-corrected chi connectivity index (χ4v) is 5.05. The summed E-state index contributed by atoms with van der Waals surface area (Å²) in [4.78, 5) is 61.8. The van der Waals surface area contributed by atoms with E-state index in [1.165, 1.54) is 13.8 Å². The summed E-state index contributed by atoms with van der Waals surface area (Å²) in [5.74, 6) is -3.53. The van der Waals surface area contributed by atoms with Gasteiger partial charge in [-0.25, -0.2) is 4.79 Å². The number of ether oxygens (including phenoxy) is 1. The van der Waals surface area contributed by atoms with Crippen LogP contribution in [0.2, 0.25) is 0 Å². The molecule has 0 spiro atoms. The van der Waals surface area contributed by atoms with E-state index in [9.17, 15) is 24.0 Å². The second-order valence-corrected chi connectivity index (χ2v) is 9.30. The first-order valence-electron chi connectivity index (χ1n) is 9.37. The lowest BCUT2D eigenvalue weighted by molar-refractivity contribution is -0.157. The molecule has 0 saturated heterocycles. The van der Waals surface area contributed by atoms with Gasteiger partial charge in [0.2, 0.25) is 10.2 Å². The lowest BCUT2D eigenvalue weighted by atomic mass is 10.2. The SMILES string of the molecule is COC(=O)C(C)(SC(=O)c1ccccc1)N(C(=O)C(N)=O)C(C)SC(=O)c1ccccc1. The number of thioether (sulfide) groups is 2. The van der Waals surface area contributed by atoms with E-state index in [-0.39, 0.29) is 5.56 Å². The van der Waals surface area contributed by atoms with Gasteiger partial charge in [0.05, 0.1) is 12.5 Å². The number of methoxy groups -OCH3 is 1. The summed E-state index contributed by atoms with van der Waals surface area (Å²) < 4.78 is 4.85. The first kappa shape index (κ1) is 25.2. The molecule has 2 amide bonds. The second kappa shape index (κ2) is 11.0. The van der Waals surface area contributed by atoms with Crippen LogP contribution in [0.5, 0.6) is 0 Å². The maximum atomic E-state index is 12.9. The Hall–Kier alpha value is -3.11. The van der Waals surface area contributed by atoms with Crippen molar-refractivity contribution in [3.63, 3.8) is 0 Å². The van der Waals surface area contributed by atoms with Crippen LogP contribution in [0.3, 0.4) is 0 Å². The van der Waals surface area contributed by atoms with E-state index in [0.717, 1.165) is 12.0 Å². The van der Waals surface area contributed by atoms with Crippen LogP contribution in [0.1, 0.15) is 34.6 Å². The van der Waals surface area contributed by atoms with Crippen LogP contribution in [-0.2, 0) is 19.1 Å². The molecule has 2 unspecified atom stereocenters. The molecule has 8 nitrogen and oxygen atoms in total. The molecule has 0 radical (unpaired) electrons. The Morgan fingerprint density at radius 2 is 1.38 bits per heavy atom. The quantitative estimate of drug-likeness (QED) is 0.369. The van der Waals surface area contributed by atoms with Gasteiger partial charge in [-0.3, -0.25) is 24.1 Å². The molecule has 0 aliphatic carbocycles. The summed E-state index contributed by atoms with van der Waals surface area (Å²) in [5.41, 5.74) is 5.87. The lowest BCUT2D eigenvalue weighted by Gasteiger charge is -2.40. The van der Waals surface area contributed by atoms with Crippen LogP contribution < -0.4 is 5.73 Å². The van der Waals surface area contributed by atoms with Gasteiger partial charge in [0.15, 0.2) is 4.87 Å². The predicted octanol–water partition coefficient (Wildman–Crippen LogP) is 2.68. The zero-order valence-corrected chi connectivity index (χ0v) is 19.3. The van der Waals surface area contributed by atoms with Crippen molar-refractivity contribution in [1.29, 1.82) is 0 Å². The van der Waals surface area contributed by atoms with E-state index in [2.05, 4.69) is 0 Å². The maximum absolute atomic E-state index is 12.9. The zero-order chi connectivity index (χ0) is 23.9. The number of carbonyl (C=O) groups excluding carboxylic acids is 5. The van der Waals surface area contributed by atoms with E-state index >= 15 is 0 Å². The van der Waals surface area contributed by atoms with Gasteiger partial charge in [-0.15, -0.1) is 0 Å². The van der Waals surface area contributed by atoms with Gasteiger partial charge in [-0.05, 0) is 25.6 Å². The molecule has 2 aromatic rings. The number of rotatable bonds is 7. The van der Waals surface area contributed by atoms with E-state index in [4.69, 9.17) is 10.5 Å². The minimum atomic E-state index is -1.98. The number of amides is 2. The largest absolute Gasteiger partial charge is 0.467 e. The number of hydrogen-bond donors (Lipinski definition) is 1. The predicted molar refractivity (Wildman–Crippen MR) is 123 cm³/mol. The van der Waals surface area contributed by atoms with Gasteiger partial charge in [0.25, 0.3) is 0 Å². The van der Waals surface area contributed by atoms with Crippen molar-refractivity contribution < 1.29 is 28.7 Å². The second-order valence-electron chi connectivity index (χ2n) is 6.64. The van der Waals surface area contributed by atoms with Gasteiger partial charge >= 0.3 is 17.8 Å². The highest BCUT2D eigenvalue weighted by Crippen LogP contribution is 2.38. The van der Waals surface area contributed by atoms with Crippen molar-refractivity contribution >= 4 is 51.5 Å². The molecule has 0 aromatic heterocycles. The normalized spacial score (nSPS) is 13.3. The van der Waals surface area contributed by atoms with Gasteiger partial charge in [0.1, 0.15) is 0 Å². The molecule has 32 heavy (non-hydrogen) atoms.